The molecule has 1 saturated heterocycles. The Balaban J connectivity index is 1.98. The highest BCUT2D eigenvalue weighted by molar-refractivity contribution is 5.86. The fourth-order valence-corrected chi connectivity index (χ4v) is 3.65. The van der Waals surface area contributed by atoms with E-state index in [-0.39, 0.29) is 5.91 Å². The van der Waals surface area contributed by atoms with Gasteiger partial charge in [0.1, 0.15) is 11.5 Å². The van der Waals surface area contributed by atoms with Crippen molar-refractivity contribution in [2.75, 3.05) is 13.1 Å². The predicted octanol–water partition coefficient (Wildman–Crippen LogP) is 3.02. The molecule has 0 radical (unpaired) electrons. The van der Waals surface area contributed by atoms with Gasteiger partial charge in [-0.05, 0) is 63.6 Å². The Kier molecular flexibility index (Phi) is 3.58. The molecule has 3 rings (SSSR count). The molecule has 1 N–H and O–H groups in total. The number of nitrogens with zero attached hydrogens (tertiary/aromatic N) is 1. The van der Waals surface area contributed by atoms with E-state index < -0.39 is 5.60 Å². The summed E-state index contributed by atoms with van der Waals surface area (Å²) in [5.74, 6) is 1.27. The Labute approximate surface area is 132 Å². The Morgan fingerprint density at radius 3 is 2.41 bits per heavy atom. The molecule has 4 nitrogen and oxygen atoms in total. The van der Waals surface area contributed by atoms with Crippen molar-refractivity contribution >= 4 is 5.91 Å². The Morgan fingerprint density at radius 1 is 1.14 bits per heavy atom. The first-order valence-electron chi connectivity index (χ1n) is 8.15. The molecule has 2 aliphatic heterocycles. The van der Waals surface area contributed by atoms with E-state index in [1.165, 1.54) is 0 Å². The van der Waals surface area contributed by atoms with Crippen molar-refractivity contribution in [3.05, 3.63) is 22.3 Å². The monoisotopic (exact) mass is 303 g/mol. The van der Waals surface area contributed by atoms with Crippen molar-refractivity contribution in [2.24, 2.45) is 0 Å². The molecule has 1 atom stereocenters. The van der Waals surface area contributed by atoms with Gasteiger partial charge in [-0.3, -0.25) is 4.79 Å². The molecule has 2 heterocycles. The van der Waals surface area contributed by atoms with Crippen LogP contribution in [-0.4, -0.2) is 34.6 Å². The summed E-state index contributed by atoms with van der Waals surface area (Å²) in [5, 5.41) is 10.2. The second kappa shape index (κ2) is 5.18. The van der Waals surface area contributed by atoms with Crippen LogP contribution in [0.25, 0.3) is 0 Å². The smallest absolute Gasteiger partial charge is 0.266 e. The number of likely N-dealkylation sites (tertiary alicyclic amines) is 1. The van der Waals surface area contributed by atoms with Crippen molar-refractivity contribution in [3.8, 4) is 11.5 Å². The van der Waals surface area contributed by atoms with E-state index >= 15 is 0 Å². The van der Waals surface area contributed by atoms with Gasteiger partial charge in [-0.25, -0.2) is 0 Å². The molecule has 22 heavy (non-hydrogen) atoms. The van der Waals surface area contributed by atoms with Crippen LogP contribution in [0.15, 0.2) is 0 Å². The van der Waals surface area contributed by atoms with Crippen molar-refractivity contribution in [1.82, 2.24) is 4.90 Å². The molecule has 2 aliphatic rings. The maximum absolute atomic E-state index is 12.8. The number of carbonyl (C=O) groups excluding carboxylic acids is 1. The van der Waals surface area contributed by atoms with Crippen LogP contribution in [-0.2, 0) is 11.2 Å². The molecule has 0 spiro atoms. The number of rotatable bonds is 1. The van der Waals surface area contributed by atoms with Crippen LogP contribution in [0, 0.1) is 20.8 Å². The highest BCUT2D eigenvalue weighted by Gasteiger charge is 2.43. The highest BCUT2D eigenvalue weighted by atomic mass is 16.5. The number of hydrogen-bond donors (Lipinski definition) is 1. The summed E-state index contributed by atoms with van der Waals surface area (Å²) in [7, 11) is 0. The van der Waals surface area contributed by atoms with Gasteiger partial charge in [0.2, 0.25) is 0 Å². The first kappa shape index (κ1) is 15.2. The third-order valence-corrected chi connectivity index (χ3v) is 5.37. The van der Waals surface area contributed by atoms with Crippen LogP contribution in [0.1, 0.15) is 48.4 Å². The van der Waals surface area contributed by atoms with E-state index in [2.05, 4.69) is 0 Å². The molecular weight excluding hydrogens is 278 g/mol. The Bertz CT molecular complexity index is 632. The van der Waals surface area contributed by atoms with Crippen LogP contribution in [0.4, 0.5) is 0 Å². The number of fused-ring (bicyclic) bond motifs is 1. The average molecular weight is 303 g/mol. The maximum atomic E-state index is 12.8. The van der Waals surface area contributed by atoms with E-state index in [4.69, 9.17) is 4.74 Å². The van der Waals surface area contributed by atoms with E-state index in [9.17, 15) is 9.90 Å². The number of amides is 1. The normalized spacial score (nSPS) is 24.1. The summed E-state index contributed by atoms with van der Waals surface area (Å²) in [6.07, 6.45) is 3.61. The lowest BCUT2D eigenvalue weighted by molar-refractivity contribution is -0.147. The van der Waals surface area contributed by atoms with Gasteiger partial charge in [0, 0.05) is 25.1 Å². The lowest BCUT2D eigenvalue weighted by Gasteiger charge is -2.38. The fourth-order valence-electron chi connectivity index (χ4n) is 3.65. The van der Waals surface area contributed by atoms with Crippen LogP contribution in [0.3, 0.4) is 0 Å². The molecule has 1 aromatic carbocycles. The molecule has 1 aromatic rings. The summed E-state index contributed by atoms with van der Waals surface area (Å²) in [4.78, 5) is 14.8. The maximum Gasteiger partial charge on any atom is 0.266 e. The van der Waals surface area contributed by atoms with Crippen molar-refractivity contribution < 1.29 is 14.6 Å². The highest BCUT2D eigenvalue weighted by Crippen LogP contribution is 2.43. The lowest BCUT2D eigenvalue weighted by atomic mass is 9.86. The minimum absolute atomic E-state index is 0.110. The number of phenols is 1. The minimum Gasteiger partial charge on any atom is -0.507 e. The number of ether oxygens (including phenoxy) is 1. The molecular formula is C18H25NO3. The Hall–Kier alpha value is -1.71. The largest absolute Gasteiger partial charge is 0.507 e. The van der Waals surface area contributed by atoms with Crippen molar-refractivity contribution in [2.45, 2.75) is 59.0 Å². The number of benzene rings is 1. The zero-order valence-electron chi connectivity index (χ0n) is 14.0. The fraction of sp³-hybridized carbons (Fsp3) is 0.611. The summed E-state index contributed by atoms with van der Waals surface area (Å²) >= 11 is 0. The topological polar surface area (TPSA) is 49.8 Å². The second-order valence-electron chi connectivity index (χ2n) is 6.86. The van der Waals surface area contributed by atoms with Gasteiger partial charge in [-0.15, -0.1) is 0 Å². The number of hydrogen-bond acceptors (Lipinski definition) is 3. The third-order valence-electron chi connectivity index (χ3n) is 5.37. The quantitative estimate of drug-likeness (QED) is 0.867. The number of carbonyl (C=O) groups is 1. The molecule has 1 unspecified atom stereocenters. The first-order chi connectivity index (χ1) is 10.3. The summed E-state index contributed by atoms with van der Waals surface area (Å²) in [6.45, 7) is 9.38. The zero-order valence-corrected chi connectivity index (χ0v) is 14.0. The van der Waals surface area contributed by atoms with E-state index in [1.807, 2.05) is 32.6 Å². The van der Waals surface area contributed by atoms with Crippen LogP contribution in [0.2, 0.25) is 0 Å². The molecule has 0 saturated carbocycles. The van der Waals surface area contributed by atoms with E-state index in [0.29, 0.717) is 12.2 Å². The predicted molar refractivity (Wildman–Crippen MR) is 85.5 cm³/mol. The molecule has 0 aromatic heterocycles. The van der Waals surface area contributed by atoms with Gasteiger partial charge in [-0.2, -0.15) is 0 Å². The summed E-state index contributed by atoms with van der Waals surface area (Å²) in [5.41, 5.74) is 2.94. The molecule has 120 valence electrons. The van der Waals surface area contributed by atoms with Gasteiger partial charge >= 0.3 is 0 Å². The number of aromatic hydroxyl groups is 1. The molecule has 1 amide bonds. The first-order valence-corrected chi connectivity index (χ1v) is 8.15. The molecule has 4 heteroatoms. The minimum atomic E-state index is -0.780. The van der Waals surface area contributed by atoms with Crippen molar-refractivity contribution in [1.29, 1.82) is 0 Å². The van der Waals surface area contributed by atoms with Gasteiger partial charge in [0.25, 0.3) is 5.91 Å². The van der Waals surface area contributed by atoms with E-state index in [0.717, 1.165) is 60.4 Å². The van der Waals surface area contributed by atoms with Gasteiger partial charge < -0.3 is 14.7 Å². The van der Waals surface area contributed by atoms with Gasteiger partial charge in [-0.1, -0.05) is 0 Å². The SMILES string of the molecule is Cc1c(C)c2c(c(C)c1O)CCC(C)(C(=O)N1CCCC1)O2. The van der Waals surface area contributed by atoms with Crippen LogP contribution < -0.4 is 4.74 Å². The van der Waals surface area contributed by atoms with Crippen molar-refractivity contribution in [3.63, 3.8) is 0 Å². The van der Waals surface area contributed by atoms with Crippen LogP contribution >= 0.6 is 0 Å². The lowest BCUT2D eigenvalue weighted by Crippen LogP contribution is -2.52. The summed E-state index contributed by atoms with van der Waals surface area (Å²) in [6, 6.07) is 0. The summed E-state index contributed by atoms with van der Waals surface area (Å²) < 4.78 is 6.24. The Morgan fingerprint density at radius 2 is 1.77 bits per heavy atom. The van der Waals surface area contributed by atoms with Gasteiger partial charge in [0.15, 0.2) is 5.60 Å². The van der Waals surface area contributed by atoms with E-state index in [1.54, 1.807) is 0 Å². The molecule has 1 fully saturated rings. The standard InChI is InChI=1S/C18H25NO3/c1-11-12(2)16-14(13(3)15(11)20)7-8-18(4,22-16)17(21)19-9-5-6-10-19/h20H,5-10H2,1-4H3. The molecule has 0 bridgehead atoms. The zero-order chi connectivity index (χ0) is 16.1. The average Bonchev–Trinajstić information content (AvgIpc) is 3.04. The third kappa shape index (κ3) is 2.16. The number of phenolic OH excluding ortho intramolecular Hbond substituents is 1. The second-order valence-corrected chi connectivity index (χ2v) is 6.86. The molecule has 0 aliphatic carbocycles. The van der Waals surface area contributed by atoms with Gasteiger partial charge in [0.05, 0.1) is 0 Å². The van der Waals surface area contributed by atoms with Crippen LogP contribution in [0.5, 0.6) is 11.5 Å².